The highest BCUT2D eigenvalue weighted by Gasteiger charge is 2.19. The van der Waals surface area contributed by atoms with Gasteiger partial charge < -0.3 is 14.2 Å². The fourth-order valence-corrected chi connectivity index (χ4v) is 3.82. The van der Waals surface area contributed by atoms with Gasteiger partial charge in [0.2, 0.25) is 0 Å². The number of nitrogens with zero attached hydrogens (tertiary/aromatic N) is 3. The molecule has 0 aliphatic rings. The summed E-state index contributed by atoms with van der Waals surface area (Å²) in [5, 5.41) is 4.94. The van der Waals surface area contributed by atoms with Gasteiger partial charge in [0.05, 0.1) is 30.8 Å². The molecule has 0 bridgehead atoms. The second-order valence-corrected chi connectivity index (χ2v) is 8.49. The number of halogens is 3. The maximum absolute atomic E-state index is 12.9. The van der Waals surface area contributed by atoms with Crippen LogP contribution in [0.3, 0.4) is 0 Å². The second kappa shape index (κ2) is 10.5. The standard InChI is InChI=1S/C21H18Br2ClN3O5/c1-4-31-16-7-12(18(23)19(24)20(16)32-10-17(28)30-3)9-25-27-11(2)26-15-6-5-13(22)8-14(15)21(27)29/h5-9H,4,10H2,1-3H3. The zero-order valence-electron chi connectivity index (χ0n) is 17.3. The van der Waals surface area contributed by atoms with Gasteiger partial charge in [-0.15, -0.1) is 0 Å². The molecule has 0 radical (unpaired) electrons. The van der Waals surface area contributed by atoms with E-state index in [2.05, 4.69) is 46.7 Å². The lowest BCUT2D eigenvalue weighted by molar-refractivity contribution is -0.142. The number of esters is 1. The molecule has 1 heterocycles. The number of hydrogen-bond donors (Lipinski definition) is 0. The Morgan fingerprint density at radius 2 is 2.03 bits per heavy atom. The monoisotopic (exact) mass is 585 g/mol. The van der Waals surface area contributed by atoms with Crippen LogP contribution in [0.25, 0.3) is 10.9 Å². The maximum atomic E-state index is 12.9. The van der Waals surface area contributed by atoms with Crippen molar-refractivity contribution in [3.05, 3.63) is 60.0 Å². The average Bonchev–Trinajstić information content (AvgIpc) is 2.77. The zero-order chi connectivity index (χ0) is 23.4. The minimum absolute atomic E-state index is 0.186. The summed E-state index contributed by atoms with van der Waals surface area (Å²) < 4.78 is 18.1. The molecule has 32 heavy (non-hydrogen) atoms. The van der Waals surface area contributed by atoms with E-state index in [-0.39, 0.29) is 22.9 Å². The number of hydrogen-bond acceptors (Lipinski definition) is 7. The van der Waals surface area contributed by atoms with Crippen LogP contribution in [0.2, 0.25) is 5.02 Å². The largest absolute Gasteiger partial charge is 0.490 e. The first-order valence-electron chi connectivity index (χ1n) is 9.34. The predicted molar refractivity (Wildman–Crippen MR) is 129 cm³/mol. The molecule has 11 heteroatoms. The van der Waals surface area contributed by atoms with E-state index in [4.69, 9.17) is 21.1 Å². The molecule has 0 atom stereocenters. The normalized spacial score (nSPS) is 11.2. The number of aryl methyl sites for hydroxylation is 1. The lowest BCUT2D eigenvalue weighted by atomic mass is 10.2. The van der Waals surface area contributed by atoms with Gasteiger partial charge in [-0.3, -0.25) is 4.79 Å². The van der Waals surface area contributed by atoms with Crippen LogP contribution in [-0.4, -0.2) is 42.2 Å². The quantitative estimate of drug-likeness (QED) is 0.294. The molecule has 3 rings (SSSR count). The SMILES string of the molecule is CCOc1cc(C=Nn2c(C)nc3ccc(Br)cc3c2=O)c(Br)c(Cl)c1OCC(=O)OC. The van der Waals surface area contributed by atoms with Crippen LogP contribution in [0.1, 0.15) is 18.3 Å². The van der Waals surface area contributed by atoms with Crippen LogP contribution >= 0.6 is 43.5 Å². The van der Waals surface area contributed by atoms with Gasteiger partial charge >= 0.3 is 5.97 Å². The Labute approximate surface area is 205 Å². The molecule has 1 aromatic heterocycles. The van der Waals surface area contributed by atoms with Gasteiger partial charge in [-0.25, -0.2) is 9.78 Å². The molecule has 0 spiro atoms. The van der Waals surface area contributed by atoms with Crippen LogP contribution in [0.5, 0.6) is 11.5 Å². The Morgan fingerprint density at radius 1 is 1.28 bits per heavy atom. The average molecular weight is 588 g/mol. The summed E-state index contributed by atoms with van der Waals surface area (Å²) in [6.07, 6.45) is 1.46. The molecule has 0 fully saturated rings. The van der Waals surface area contributed by atoms with E-state index in [9.17, 15) is 9.59 Å². The third-order valence-corrected chi connectivity index (χ3v) is 6.24. The smallest absolute Gasteiger partial charge is 0.343 e. The third-order valence-electron chi connectivity index (χ3n) is 4.30. The lowest BCUT2D eigenvalue weighted by Crippen LogP contribution is -2.20. The first-order chi connectivity index (χ1) is 15.3. The first kappa shape index (κ1) is 24.2. The summed E-state index contributed by atoms with van der Waals surface area (Å²) in [6, 6.07) is 6.92. The van der Waals surface area contributed by atoms with Crippen LogP contribution in [-0.2, 0) is 9.53 Å². The minimum atomic E-state index is -0.560. The van der Waals surface area contributed by atoms with Crippen molar-refractivity contribution in [3.8, 4) is 11.5 Å². The van der Waals surface area contributed by atoms with Gasteiger partial charge in [0, 0.05) is 14.5 Å². The highest BCUT2D eigenvalue weighted by molar-refractivity contribution is 9.10. The molecule has 0 N–H and O–H groups in total. The van der Waals surface area contributed by atoms with E-state index in [1.165, 1.54) is 18.0 Å². The summed E-state index contributed by atoms with van der Waals surface area (Å²) in [7, 11) is 1.26. The predicted octanol–water partition coefficient (Wildman–Crippen LogP) is 4.72. The van der Waals surface area contributed by atoms with E-state index in [1.54, 1.807) is 32.0 Å². The third kappa shape index (κ3) is 5.13. The molecule has 0 unspecified atom stereocenters. The molecule has 0 saturated carbocycles. The van der Waals surface area contributed by atoms with Crippen LogP contribution in [0, 0.1) is 6.92 Å². The van der Waals surface area contributed by atoms with Crippen molar-refractivity contribution in [2.75, 3.05) is 20.3 Å². The Kier molecular flexibility index (Phi) is 7.91. The zero-order valence-corrected chi connectivity index (χ0v) is 21.2. The van der Waals surface area contributed by atoms with E-state index >= 15 is 0 Å². The summed E-state index contributed by atoms with van der Waals surface area (Å²) in [4.78, 5) is 28.8. The van der Waals surface area contributed by atoms with Crippen molar-refractivity contribution in [1.82, 2.24) is 9.66 Å². The van der Waals surface area contributed by atoms with Gasteiger partial charge in [-0.1, -0.05) is 27.5 Å². The molecule has 0 amide bonds. The Bertz CT molecular complexity index is 1280. The van der Waals surface area contributed by atoms with Crippen molar-refractivity contribution < 1.29 is 19.0 Å². The molecule has 168 valence electrons. The van der Waals surface area contributed by atoms with Crippen LogP contribution < -0.4 is 15.0 Å². The molecular weight excluding hydrogens is 570 g/mol. The topological polar surface area (TPSA) is 92.0 Å². The molecule has 0 aliphatic carbocycles. The van der Waals surface area contributed by atoms with Gasteiger partial charge in [0.1, 0.15) is 10.8 Å². The van der Waals surface area contributed by atoms with E-state index in [1.807, 2.05) is 6.07 Å². The number of fused-ring (bicyclic) bond motifs is 1. The van der Waals surface area contributed by atoms with Gasteiger partial charge in [0.15, 0.2) is 18.1 Å². The van der Waals surface area contributed by atoms with Gasteiger partial charge in [-0.05, 0) is 54.0 Å². The van der Waals surface area contributed by atoms with Crippen molar-refractivity contribution >= 4 is 66.5 Å². The summed E-state index contributed by atoms with van der Waals surface area (Å²) >= 11 is 13.2. The number of ether oxygens (including phenoxy) is 3. The Balaban J connectivity index is 2.05. The van der Waals surface area contributed by atoms with Crippen molar-refractivity contribution in [2.24, 2.45) is 5.10 Å². The maximum Gasteiger partial charge on any atom is 0.343 e. The fraction of sp³-hybridized carbons (Fsp3) is 0.238. The highest BCUT2D eigenvalue weighted by atomic mass is 79.9. The molecular formula is C21H18Br2ClN3O5. The second-order valence-electron chi connectivity index (χ2n) is 6.40. The number of benzene rings is 2. The van der Waals surface area contributed by atoms with E-state index in [0.717, 1.165) is 4.47 Å². The molecule has 2 aromatic carbocycles. The number of carbonyl (C=O) groups excluding carboxylic acids is 1. The van der Waals surface area contributed by atoms with Gasteiger partial charge in [-0.2, -0.15) is 9.78 Å². The van der Waals surface area contributed by atoms with Crippen LogP contribution in [0.15, 0.2) is 43.1 Å². The molecule has 0 saturated heterocycles. The van der Waals surface area contributed by atoms with Crippen molar-refractivity contribution in [2.45, 2.75) is 13.8 Å². The minimum Gasteiger partial charge on any atom is -0.490 e. The summed E-state index contributed by atoms with van der Waals surface area (Å²) in [5.74, 6) is 0.367. The summed E-state index contributed by atoms with van der Waals surface area (Å²) in [6.45, 7) is 3.50. The van der Waals surface area contributed by atoms with Crippen molar-refractivity contribution in [3.63, 3.8) is 0 Å². The first-order valence-corrected chi connectivity index (χ1v) is 11.3. The van der Waals surface area contributed by atoms with E-state index < -0.39 is 5.97 Å². The highest BCUT2D eigenvalue weighted by Crippen LogP contribution is 2.42. The Hall–Kier alpha value is -2.43. The molecule has 8 nitrogen and oxygen atoms in total. The number of rotatable bonds is 7. The Morgan fingerprint density at radius 3 is 2.72 bits per heavy atom. The van der Waals surface area contributed by atoms with E-state index in [0.29, 0.717) is 39.1 Å². The number of carbonyl (C=O) groups is 1. The molecule has 0 aliphatic heterocycles. The van der Waals surface area contributed by atoms with Crippen LogP contribution in [0.4, 0.5) is 0 Å². The van der Waals surface area contributed by atoms with Gasteiger partial charge in [0.25, 0.3) is 5.56 Å². The number of aromatic nitrogens is 2. The van der Waals surface area contributed by atoms with Crippen molar-refractivity contribution in [1.29, 1.82) is 0 Å². The summed E-state index contributed by atoms with van der Waals surface area (Å²) in [5.41, 5.74) is 0.803. The fourth-order valence-electron chi connectivity index (χ4n) is 2.80. The lowest BCUT2D eigenvalue weighted by Gasteiger charge is -2.15. The molecule has 3 aromatic rings. The number of methoxy groups -OCH3 is 1.